The molecular formula is C15H16N4. The molecule has 1 atom stereocenters. The van der Waals surface area contributed by atoms with Crippen molar-refractivity contribution in [3.63, 3.8) is 0 Å². The van der Waals surface area contributed by atoms with Crippen molar-refractivity contribution in [3.8, 4) is 0 Å². The van der Waals surface area contributed by atoms with Crippen molar-refractivity contribution in [3.05, 3.63) is 60.7 Å². The van der Waals surface area contributed by atoms with E-state index in [0.29, 0.717) is 0 Å². The van der Waals surface area contributed by atoms with E-state index in [2.05, 4.69) is 20.6 Å². The first-order valence-electron chi connectivity index (χ1n) is 6.38. The second-order valence-electron chi connectivity index (χ2n) is 4.67. The van der Waals surface area contributed by atoms with Crippen LogP contribution in [0.1, 0.15) is 5.69 Å². The first-order valence-corrected chi connectivity index (χ1v) is 6.38. The van der Waals surface area contributed by atoms with Gasteiger partial charge in [-0.05, 0) is 24.3 Å². The van der Waals surface area contributed by atoms with Crippen LogP contribution in [0.2, 0.25) is 0 Å². The molecule has 0 saturated heterocycles. The molecular weight excluding hydrogens is 236 g/mol. The minimum absolute atomic E-state index is 0.0347. The third-order valence-electron chi connectivity index (χ3n) is 3.16. The summed E-state index contributed by atoms with van der Waals surface area (Å²) in [6, 6.07) is 14.0. The molecule has 0 amide bonds. The molecule has 2 N–H and O–H groups in total. The van der Waals surface area contributed by atoms with Gasteiger partial charge >= 0.3 is 0 Å². The van der Waals surface area contributed by atoms with Gasteiger partial charge in [0.15, 0.2) is 0 Å². The Hall–Kier alpha value is -2.20. The molecule has 0 aliphatic heterocycles. The second kappa shape index (κ2) is 5.20. The molecule has 0 bridgehead atoms. The molecule has 0 aliphatic rings. The van der Waals surface area contributed by atoms with Crippen LogP contribution in [-0.2, 0) is 13.0 Å². The number of benzene rings is 1. The summed E-state index contributed by atoms with van der Waals surface area (Å²) in [6.45, 7) is 0.747. The standard InChI is InChI=1S/C15H16N4/c16-12(9-13-5-3-4-8-17-13)10-19-11-18-14-6-1-2-7-15(14)19/h1-8,11-12H,9-10,16H2. The summed E-state index contributed by atoms with van der Waals surface area (Å²) < 4.78 is 2.10. The van der Waals surface area contributed by atoms with E-state index in [1.807, 2.05) is 42.7 Å². The third kappa shape index (κ3) is 2.63. The molecule has 0 spiro atoms. The summed E-state index contributed by atoms with van der Waals surface area (Å²) in [6.07, 6.45) is 4.42. The molecule has 0 aliphatic carbocycles. The van der Waals surface area contributed by atoms with Gasteiger partial charge in [-0.15, -0.1) is 0 Å². The zero-order valence-electron chi connectivity index (χ0n) is 10.6. The zero-order chi connectivity index (χ0) is 13.1. The van der Waals surface area contributed by atoms with Crippen molar-refractivity contribution in [2.75, 3.05) is 0 Å². The van der Waals surface area contributed by atoms with E-state index >= 15 is 0 Å². The molecule has 1 unspecified atom stereocenters. The van der Waals surface area contributed by atoms with E-state index in [4.69, 9.17) is 5.73 Å². The number of hydrogen-bond donors (Lipinski definition) is 1. The normalized spacial score (nSPS) is 12.7. The zero-order valence-corrected chi connectivity index (χ0v) is 10.6. The van der Waals surface area contributed by atoms with Crippen LogP contribution in [0.15, 0.2) is 55.0 Å². The van der Waals surface area contributed by atoms with Gasteiger partial charge in [-0.3, -0.25) is 4.98 Å². The van der Waals surface area contributed by atoms with E-state index in [1.54, 1.807) is 6.20 Å². The lowest BCUT2D eigenvalue weighted by Crippen LogP contribution is -2.28. The molecule has 2 heterocycles. The number of nitrogens with zero attached hydrogens (tertiary/aromatic N) is 3. The average Bonchev–Trinajstić information content (AvgIpc) is 2.83. The molecule has 96 valence electrons. The van der Waals surface area contributed by atoms with Crippen molar-refractivity contribution in [1.29, 1.82) is 0 Å². The van der Waals surface area contributed by atoms with Crippen LogP contribution in [0.25, 0.3) is 11.0 Å². The van der Waals surface area contributed by atoms with Gasteiger partial charge in [0, 0.05) is 30.9 Å². The number of rotatable bonds is 4. The van der Waals surface area contributed by atoms with Gasteiger partial charge < -0.3 is 10.3 Å². The topological polar surface area (TPSA) is 56.7 Å². The lowest BCUT2D eigenvalue weighted by atomic mass is 10.1. The summed E-state index contributed by atoms with van der Waals surface area (Å²) in [5.74, 6) is 0. The summed E-state index contributed by atoms with van der Waals surface area (Å²) in [7, 11) is 0. The van der Waals surface area contributed by atoms with Gasteiger partial charge in [-0.1, -0.05) is 18.2 Å². The number of imidazole rings is 1. The minimum atomic E-state index is 0.0347. The van der Waals surface area contributed by atoms with E-state index in [1.165, 1.54) is 0 Å². The number of hydrogen-bond acceptors (Lipinski definition) is 3. The lowest BCUT2D eigenvalue weighted by molar-refractivity contribution is 0.554. The van der Waals surface area contributed by atoms with Crippen LogP contribution in [-0.4, -0.2) is 20.6 Å². The van der Waals surface area contributed by atoms with Crippen molar-refractivity contribution in [2.45, 2.75) is 19.0 Å². The Labute approximate surface area is 111 Å². The number of pyridine rings is 1. The quantitative estimate of drug-likeness (QED) is 0.772. The number of aromatic nitrogens is 3. The molecule has 0 radical (unpaired) electrons. The van der Waals surface area contributed by atoms with Crippen LogP contribution >= 0.6 is 0 Å². The summed E-state index contributed by atoms with van der Waals surface area (Å²) in [5, 5.41) is 0. The SMILES string of the molecule is NC(Cc1ccccn1)Cn1cnc2ccccc21. The average molecular weight is 252 g/mol. The van der Waals surface area contributed by atoms with E-state index in [0.717, 1.165) is 29.7 Å². The Kier molecular flexibility index (Phi) is 3.25. The van der Waals surface area contributed by atoms with E-state index in [-0.39, 0.29) is 6.04 Å². The van der Waals surface area contributed by atoms with Crippen molar-refractivity contribution < 1.29 is 0 Å². The Bertz CT molecular complexity index is 660. The third-order valence-corrected chi connectivity index (χ3v) is 3.16. The van der Waals surface area contributed by atoms with Gasteiger partial charge in [0.05, 0.1) is 17.4 Å². The minimum Gasteiger partial charge on any atom is -0.329 e. The summed E-state index contributed by atoms with van der Waals surface area (Å²) in [5.41, 5.74) is 9.36. The monoisotopic (exact) mass is 252 g/mol. The van der Waals surface area contributed by atoms with Crippen LogP contribution in [0.3, 0.4) is 0 Å². The van der Waals surface area contributed by atoms with Crippen molar-refractivity contribution >= 4 is 11.0 Å². The predicted octanol–water partition coefficient (Wildman–Crippen LogP) is 2.00. The summed E-state index contributed by atoms with van der Waals surface area (Å²) in [4.78, 5) is 8.68. The molecule has 2 aromatic heterocycles. The van der Waals surface area contributed by atoms with Crippen LogP contribution in [0.4, 0.5) is 0 Å². The van der Waals surface area contributed by atoms with E-state index < -0.39 is 0 Å². The van der Waals surface area contributed by atoms with Gasteiger partial charge in [0.2, 0.25) is 0 Å². The maximum atomic E-state index is 6.20. The molecule has 4 nitrogen and oxygen atoms in total. The van der Waals surface area contributed by atoms with Crippen LogP contribution < -0.4 is 5.73 Å². The molecule has 19 heavy (non-hydrogen) atoms. The van der Waals surface area contributed by atoms with Gasteiger partial charge in [0.25, 0.3) is 0 Å². The van der Waals surface area contributed by atoms with Gasteiger partial charge in [0.1, 0.15) is 0 Å². The van der Waals surface area contributed by atoms with Crippen LogP contribution in [0.5, 0.6) is 0 Å². The first kappa shape index (κ1) is 11.9. The molecule has 3 aromatic rings. The highest BCUT2D eigenvalue weighted by atomic mass is 15.1. The highest BCUT2D eigenvalue weighted by Crippen LogP contribution is 2.12. The largest absolute Gasteiger partial charge is 0.329 e. The van der Waals surface area contributed by atoms with Crippen molar-refractivity contribution in [1.82, 2.24) is 14.5 Å². The highest BCUT2D eigenvalue weighted by molar-refractivity contribution is 5.74. The van der Waals surface area contributed by atoms with Gasteiger partial charge in [-0.2, -0.15) is 0 Å². The Morgan fingerprint density at radius 2 is 1.89 bits per heavy atom. The fourth-order valence-electron chi connectivity index (χ4n) is 2.26. The molecule has 4 heteroatoms. The Balaban J connectivity index is 1.74. The Morgan fingerprint density at radius 3 is 2.74 bits per heavy atom. The maximum absolute atomic E-state index is 6.20. The summed E-state index contributed by atoms with van der Waals surface area (Å²) >= 11 is 0. The lowest BCUT2D eigenvalue weighted by Gasteiger charge is -2.12. The number of nitrogens with two attached hydrogens (primary N) is 1. The molecule has 0 saturated carbocycles. The first-order chi connectivity index (χ1) is 9.33. The predicted molar refractivity (Wildman–Crippen MR) is 75.6 cm³/mol. The molecule has 0 fully saturated rings. The number of fused-ring (bicyclic) bond motifs is 1. The van der Waals surface area contributed by atoms with E-state index in [9.17, 15) is 0 Å². The Morgan fingerprint density at radius 1 is 1.05 bits per heavy atom. The fourth-order valence-corrected chi connectivity index (χ4v) is 2.26. The molecule has 3 rings (SSSR count). The van der Waals surface area contributed by atoms with Crippen LogP contribution in [0, 0.1) is 0 Å². The van der Waals surface area contributed by atoms with Crippen molar-refractivity contribution in [2.24, 2.45) is 5.73 Å². The number of para-hydroxylation sites is 2. The highest BCUT2D eigenvalue weighted by Gasteiger charge is 2.08. The smallest absolute Gasteiger partial charge is 0.0958 e. The second-order valence-corrected chi connectivity index (χ2v) is 4.67. The maximum Gasteiger partial charge on any atom is 0.0958 e. The van der Waals surface area contributed by atoms with Gasteiger partial charge in [-0.25, -0.2) is 4.98 Å². The fraction of sp³-hybridized carbons (Fsp3) is 0.200. The molecule has 1 aromatic carbocycles.